The molecule has 1 aromatic carbocycles. The quantitative estimate of drug-likeness (QED) is 0.792. The van der Waals surface area contributed by atoms with Gasteiger partial charge in [-0.3, -0.25) is 9.69 Å². The van der Waals surface area contributed by atoms with Gasteiger partial charge in [-0.2, -0.15) is 0 Å². The van der Waals surface area contributed by atoms with Gasteiger partial charge in [-0.25, -0.2) is 13.8 Å². The molecule has 0 bridgehead atoms. The van der Waals surface area contributed by atoms with Crippen molar-refractivity contribution in [3.63, 3.8) is 0 Å². The van der Waals surface area contributed by atoms with Gasteiger partial charge in [-0.05, 0) is 44.2 Å². The number of hydrogen-bond donors (Lipinski definition) is 0. The van der Waals surface area contributed by atoms with Crippen LogP contribution < -0.4 is 4.90 Å². The maximum atomic E-state index is 13.8. The number of anilines is 1. The highest BCUT2D eigenvalue weighted by Gasteiger charge is 2.34. The minimum atomic E-state index is -0.544. The van der Waals surface area contributed by atoms with Crippen LogP contribution in [0.4, 0.5) is 14.6 Å². The number of amides is 1. The topological polar surface area (TPSA) is 33.2 Å². The first-order chi connectivity index (χ1) is 10.5. The fraction of sp³-hybridized carbons (Fsp3) is 0.176. The lowest BCUT2D eigenvalue weighted by Gasteiger charge is -2.16. The molecule has 2 heterocycles. The van der Waals surface area contributed by atoms with Gasteiger partial charge in [0.05, 0.1) is 6.54 Å². The van der Waals surface area contributed by atoms with Gasteiger partial charge in [0.15, 0.2) is 0 Å². The molecule has 1 aliphatic rings. The fourth-order valence-corrected chi connectivity index (χ4v) is 2.62. The predicted octanol–water partition coefficient (Wildman–Crippen LogP) is 3.70. The molecule has 1 amide bonds. The van der Waals surface area contributed by atoms with Crippen LogP contribution in [0.3, 0.4) is 0 Å². The van der Waals surface area contributed by atoms with E-state index in [1.165, 1.54) is 4.90 Å². The minimum Gasteiger partial charge on any atom is -0.288 e. The first kappa shape index (κ1) is 14.4. The summed E-state index contributed by atoms with van der Waals surface area (Å²) in [5, 5.41) is 0. The SMILES string of the molecule is CC(C)=C1C(=O)N(Cc2cc(F)ccc2F)c2ncccc21. The molecule has 22 heavy (non-hydrogen) atoms. The van der Waals surface area contributed by atoms with Crippen LogP contribution in [0.5, 0.6) is 0 Å². The van der Waals surface area contributed by atoms with E-state index in [1.54, 1.807) is 12.3 Å². The van der Waals surface area contributed by atoms with E-state index in [1.807, 2.05) is 19.9 Å². The van der Waals surface area contributed by atoms with Gasteiger partial charge in [0, 0.05) is 22.9 Å². The Kier molecular flexibility index (Phi) is 3.48. The summed E-state index contributed by atoms with van der Waals surface area (Å²) in [6, 6.07) is 6.78. The number of nitrogens with zero attached hydrogens (tertiary/aromatic N) is 2. The number of benzene rings is 1. The molecule has 3 rings (SSSR count). The molecule has 3 nitrogen and oxygen atoms in total. The number of aromatic nitrogens is 1. The number of fused-ring (bicyclic) bond motifs is 1. The molecule has 5 heteroatoms. The van der Waals surface area contributed by atoms with Crippen molar-refractivity contribution >= 4 is 17.3 Å². The summed E-state index contributed by atoms with van der Waals surface area (Å²) >= 11 is 0. The molecule has 0 N–H and O–H groups in total. The zero-order valence-electron chi connectivity index (χ0n) is 12.2. The molecular weight excluding hydrogens is 286 g/mol. The molecule has 1 aromatic heterocycles. The highest BCUT2D eigenvalue weighted by atomic mass is 19.1. The van der Waals surface area contributed by atoms with E-state index in [-0.39, 0.29) is 18.0 Å². The van der Waals surface area contributed by atoms with Gasteiger partial charge in [0.25, 0.3) is 5.91 Å². The standard InChI is InChI=1S/C17H14F2N2O/c1-10(2)15-13-4-3-7-20-16(13)21(17(15)22)9-11-8-12(18)5-6-14(11)19/h3-8H,9H2,1-2H3. The lowest BCUT2D eigenvalue weighted by atomic mass is 10.1. The van der Waals surface area contributed by atoms with E-state index in [9.17, 15) is 13.6 Å². The molecule has 0 saturated heterocycles. The third-order valence-corrected chi connectivity index (χ3v) is 3.61. The van der Waals surface area contributed by atoms with Crippen molar-refractivity contribution in [1.29, 1.82) is 0 Å². The molecule has 0 fully saturated rings. The molecule has 0 spiro atoms. The number of allylic oxidation sites excluding steroid dienone is 1. The fourth-order valence-electron chi connectivity index (χ4n) is 2.62. The summed E-state index contributed by atoms with van der Waals surface area (Å²) in [5.74, 6) is -0.839. The summed E-state index contributed by atoms with van der Waals surface area (Å²) < 4.78 is 27.2. The maximum absolute atomic E-state index is 13.8. The van der Waals surface area contributed by atoms with E-state index >= 15 is 0 Å². The summed E-state index contributed by atoms with van der Waals surface area (Å²) in [5.41, 5.74) is 2.28. The Morgan fingerprint density at radius 3 is 2.73 bits per heavy atom. The summed E-state index contributed by atoms with van der Waals surface area (Å²) in [7, 11) is 0. The smallest absolute Gasteiger partial charge is 0.260 e. The van der Waals surface area contributed by atoms with Crippen LogP contribution in [-0.4, -0.2) is 10.9 Å². The van der Waals surface area contributed by atoms with Gasteiger partial charge >= 0.3 is 0 Å². The number of rotatable bonds is 2. The Morgan fingerprint density at radius 2 is 2.00 bits per heavy atom. The van der Waals surface area contributed by atoms with Gasteiger partial charge in [-0.1, -0.05) is 5.57 Å². The maximum Gasteiger partial charge on any atom is 0.260 e. The third-order valence-electron chi connectivity index (χ3n) is 3.61. The Labute approximate surface area is 126 Å². The van der Waals surface area contributed by atoms with Crippen LogP contribution in [0.15, 0.2) is 42.1 Å². The van der Waals surface area contributed by atoms with Gasteiger partial charge in [0.2, 0.25) is 0 Å². The van der Waals surface area contributed by atoms with Crippen LogP contribution in [0.1, 0.15) is 25.0 Å². The number of carbonyl (C=O) groups excluding carboxylic acids is 1. The molecule has 0 saturated carbocycles. The van der Waals surface area contributed by atoms with Crippen LogP contribution in [-0.2, 0) is 11.3 Å². The number of pyridine rings is 1. The van der Waals surface area contributed by atoms with Crippen LogP contribution >= 0.6 is 0 Å². The average molecular weight is 300 g/mol. The molecule has 0 unspecified atom stereocenters. The number of hydrogen-bond acceptors (Lipinski definition) is 2. The van der Waals surface area contributed by atoms with Crippen molar-refractivity contribution in [2.75, 3.05) is 4.90 Å². The molecular formula is C17H14F2N2O. The number of carbonyl (C=O) groups is 1. The Balaban J connectivity index is 2.07. The largest absolute Gasteiger partial charge is 0.288 e. The Morgan fingerprint density at radius 1 is 1.23 bits per heavy atom. The van der Waals surface area contributed by atoms with Crippen LogP contribution in [0.25, 0.3) is 5.57 Å². The first-order valence-corrected chi connectivity index (χ1v) is 6.87. The second-order valence-corrected chi connectivity index (χ2v) is 5.38. The zero-order valence-corrected chi connectivity index (χ0v) is 12.2. The summed E-state index contributed by atoms with van der Waals surface area (Å²) in [4.78, 5) is 18.2. The summed E-state index contributed by atoms with van der Waals surface area (Å²) in [6.45, 7) is 3.63. The van der Waals surface area contributed by atoms with Gasteiger partial charge in [0.1, 0.15) is 17.5 Å². The van der Waals surface area contributed by atoms with E-state index in [4.69, 9.17) is 0 Å². The van der Waals surface area contributed by atoms with E-state index in [0.29, 0.717) is 11.4 Å². The zero-order chi connectivity index (χ0) is 15.9. The highest BCUT2D eigenvalue weighted by Crippen LogP contribution is 2.37. The van der Waals surface area contributed by atoms with Gasteiger partial charge in [-0.15, -0.1) is 0 Å². The second-order valence-electron chi connectivity index (χ2n) is 5.38. The lowest BCUT2D eigenvalue weighted by Crippen LogP contribution is -2.27. The van der Waals surface area contributed by atoms with Crippen LogP contribution in [0.2, 0.25) is 0 Å². The van der Waals surface area contributed by atoms with Crippen molar-refractivity contribution in [2.24, 2.45) is 0 Å². The highest BCUT2D eigenvalue weighted by molar-refractivity contribution is 6.32. The molecule has 1 aliphatic heterocycles. The van der Waals surface area contributed by atoms with Crippen LogP contribution in [0, 0.1) is 11.6 Å². The average Bonchev–Trinajstić information content (AvgIpc) is 2.76. The van der Waals surface area contributed by atoms with Gasteiger partial charge < -0.3 is 0 Å². The molecule has 0 radical (unpaired) electrons. The molecule has 0 aliphatic carbocycles. The summed E-state index contributed by atoms with van der Waals surface area (Å²) in [6.07, 6.45) is 1.58. The van der Waals surface area contributed by atoms with E-state index in [2.05, 4.69) is 4.98 Å². The lowest BCUT2D eigenvalue weighted by molar-refractivity contribution is -0.113. The second kappa shape index (κ2) is 5.33. The molecule has 2 aromatic rings. The Hall–Kier alpha value is -2.56. The normalized spacial score (nSPS) is 13.5. The van der Waals surface area contributed by atoms with Crippen molar-refractivity contribution in [3.05, 3.63) is 64.9 Å². The van der Waals surface area contributed by atoms with E-state index in [0.717, 1.165) is 29.3 Å². The minimum absolute atomic E-state index is 0.0524. The molecule has 0 atom stereocenters. The molecule has 112 valence electrons. The predicted molar refractivity (Wildman–Crippen MR) is 80.1 cm³/mol. The van der Waals surface area contributed by atoms with Crippen molar-refractivity contribution < 1.29 is 13.6 Å². The number of halogens is 2. The van der Waals surface area contributed by atoms with E-state index < -0.39 is 11.6 Å². The first-order valence-electron chi connectivity index (χ1n) is 6.87. The Bertz CT molecular complexity index is 795. The van der Waals surface area contributed by atoms with Crippen molar-refractivity contribution in [3.8, 4) is 0 Å². The van der Waals surface area contributed by atoms with Crippen molar-refractivity contribution in [1.82, 2.24) is 4.98 Å². The third kappa shape index (κ3) is 2.28. The monoisotopic (exact) mass is 300 g/mol. The van der Waals surface area contributed by atoms with Crippen molar-refractivity contribution in [2.45, 2.75) is 20.4 Å².